The Morgan fingerprint density at radius 1 is 1.38 bits per heavy atom. The average Bonchev–Trinajstić information content (AvgIpc) is 2.46. The van der Waals surface area contributed by atoms with Crippen molar-refractivity contribution in [2.24, 2.45) is 11.7 Å². The van der Waals surface area contributed by atoms with Gasteiger partial charge in [-0.15, -0.1) is 0 Å². The summed E-state index contributed by atoms with van der Waals surface area (Å²) in [6, 6.07) is 0.249. The minimum Gasteiger partial charge on any atom is -0.355 e. The number of carbonyl (C=O) groups excluding carboxylic acids is 2. The van der Waals surface area contributed by atoms with E-state index in [4.69, 9.17) is 5.73 Å². The zero-order valence-corrected chi connectivity index (χ0v) is 13.6. The van der Waals surface area contributed by atoms with Crippen LogP contribution in [0.15, 0.2) is 0 Å². The molecule has 2 amide bonds. The first-order chi connectivity index (χ1) is 9.97. The standard InChI is InChI=1S/C15H30N4O2/c1-4-7-17-14(20)10-18(3)15(21)11-19-8-6-13(16)12(5-2)9-19/h12-13H,4-11,16H2,1-3H3,(H,17,20). The minimum absolute atomic E-state index is 0.00743. The molecule has 1 heterocycles. The molecule has 0 spiro atoms. The van der Waals surface area contributed by atoms with Gasteiger partial charge in [0.1, 0.15) is 0 Å². The van der Waals surface area contributed by atoms with E-state index in [0.717, 1.165) is 32.4 Å². The molecule has 0 aromatic carbocycles. The van der Waals surface area contributed by atoms with Crippen LogP contribution < -0.4 is 11.1 Å². The van der Waals surface area contributed by atoms with Crippen molar-refractivity contribution >= 4 is 11.8 Å². The Labute approximate surface area is 128 Å². The lowest BCUT2D eigenvalue weighted by atomic mass is 9.91. The Balaban J connectivity index is 2.36. The monoisotopic (exact) mass is 298 g/mol. The van der Waals surface area contributed by atoms with E-state index in [0.29, 0.717) is 19.0 Å². The fraction of sp³-hybridized carbons (Fsp3) is 0.867. The predicted molar refractivity (Wildman–Crippen MR) is 83.8 cm³/mol. The summed E-state index contributed by atoms with van der Waals surface area (Å²) in [5.41, 5.74) is 6.08. The van der Waals surface area contributed by atoms with E-state index in [1.807, 2.05) is 6.92 Å². The number of hydrogen-bond acceptors (Lipinski definition) is 4. The quantitative estimate of drug-likeness (QED) is 0.695. The summed E-state index contributed by atoms with van der Waals surface area (Å²) in [6.45, 7) is 7.03. The normalized spacial score (nSPS) is 22.9. The highest BCUT2D eigenvalue weighted by Gasteiger charge is 2.27. The Hall–Kier alpha value is -1.14. The molecule has 0 bridgehead atoms. The van der Waals surface area contributed by atoms with Crippen LogP contribution in [0.2, 0.25) is 0 Å². The Morgan fingerprint density at radius 2 is 2.10 bits per heavy atom. The van der Waals surface area contributed by atoms with Gasteiger partial charge in [0.15, 0.2) is 0 Å². The third-order valence-corrected chi connectivity index (χ3v) is 4.14. The van der Waals surface area contributed by atoms with Crippen LogP contribution in [0.3, 0.4) is 0 Å². The van der Waals surface area contributed by atoms with Crippen LogP contribution in [0.4, 0.5) is 0 Å². The molecule has 1 saturated heterocycles. The lowest BCUT2D eigenvalue weighted by Crippen LogP contribution is -2.50. The van der Waals surface area contributed by atoms with Crippen molar-refractivity contribution in [2.45, 2.75) is 39.2 Å². The number of likely N-dealkylation sites (tertiary alicyclic amines) is 1. The summed E-state index contributed by atoms with van der Waals surface area (Å²) in [5, 5.41) is 2.78. The van der Waals surface area contributed by atoms with Gasteiger partial charge in [0.2, 0.25) is 11.8 Å². The van der Waals surface area contributed by atoms with E-state index in [1.54, 1.807) is 7.05 Å². The molecule has 1 fully saturated rings. The van der Waals surface area contributed by atoms with Crippen molar-refractivity contribution < 1.29 is 9.59 Å². The lowest BCUT2D eigenvalue weighted by molar-refractivity contribution is -0.136. The molecule has 122 valence electrons. The molecule has 2 unspecified atom stereocenters. The van der Waals surface area contributed by atoms with E-state index in [9.17, 15) is 9.59 Å². The predicted octanol–water partition coefficient (Wildman–Crippen LogP) is 0.0302. The van der Waals surface area contributed by atoms with Gasteiger partial charge >= 0.3 is 0 Å². The van der Waals surface area contributed by atoms with E-state index < -0.39 is 0 Å². The summed E-state index contributed by atoms with van der Waals surface area (Å²) < 4.78 is 0. The van der Waals surface area contributed by atoms with E-state index in [1.165, 1.54) is 4.90 Å². The zero-order valence-electron chi connectivity index (χ0n) is 13.6. The molecule has 0 radical (unpaired) electrons. The summed E-state index contributed by atoms with van der Waals surface area (Å²) in [5.74, 6) is 0.358. The molecule has 6 heteroatoms. The lowest BCUT2D eigenvalue weighted by Gasteiger charge is -2.36. The third kappa shape index (κ3) is 6.01. The second kappa shape index (κ2) is 9.00. The Morgan fingerprint density at radius 3 is 2.71 bits per heavy atom. The van der Waals surface area contributed by atoms with Gasteiger partial charge < -0.3 is 16.0 Å². The largest absolute Gasteiger partial charge is 0.355 e. The molecular formula is C15H30N4O2. The molecule has 0 aliphatic carbocycles. The molecule has 1 aliphatic rings. The van der Waals surface area contributed by atoms with Gasteiger partial charge in [-0.1, -0.05) is 20.3 Å². The highest BCUT2D eigenvalue weighted by atomic mass is 16.2. The van der Waals surface area contributed by atoms with Crippen molar-refractivity contribution in [2.75, 3.05) is 39.8 Å². The number of nitrogens with one attached hydrogen (secondary N) is 1. The number of carbonyl (C=O) groups is 2. The first-order valence-electron chi connectivity index (χ1n) is 7.96. The van der Waals surface area contributed by atoms with Crippen LogP contribution in [0, 0.1) is 5.92 Å². The smallest absolute Gasteiger partial charge is 0.239 e. The van der Waals surface area contributed by atoms with Gasteiger partial charge in [-0.2, -0.15) is 0 Å². The number of nitrogens with zero attached hydrogens (tertiary/aromatic N) is 2. The first-order valence-corrected chi connectivity index (χ1v) is 7.96. The average molecular weight is 298 g/mol. The molecule has 0 saturated carbocycles. The molecule has 21 heavy (non-hydrogen) atoms. The van der Waals surface area contributed by atoms with Crippen molar-refractivity contribution in [3.8, 4) is 0 Å². The zero-order chi connectivity index (χ0) is 15.8. The highest BCUT2D eigenvalue weighted by molar-refractivity contribution is 5.85. The number of likely N-dealkylation sites (N-methyl/N-ethyl adjacent to an activating group) is 1. The number of piperidine rings is 1. The van der Waals surface area contributed by atoms with Gasteiger partial charge in [-0.25, -0.2) is 0 Å². The van der Waals surface area contributed by atoms with Gasteiger partial charge in [-0.05, 0) is 18.8 Å². The van der Waals surface area contributed by atoms with Gasteiger partial charge in [-0.3, -0.25) is 14.5 Å². The van der Waals surface area contributed by atoms with Crippen LogP contribution in [0.5, 0.6) is 0 Å². The molecule has 1 rings (SSSR count). The number of nitrogens with two attached hydrogens (primary N) is 1. The van der Waals surface area contributed by atoms with Crippen molar-refractivity contribution in [1.82, 2.24) is 15.1 Å². The first kappa shape index (κ1) is 17.9. The summed E-state index contributed by atoms with van der Waals surface area (Å²) in [4.78, 5) is 27.4. The number of hydrogen-bond donors (Lipinski definition) is 2. The number of amides is 2. The van der Waals surface area contributed by atoms with Crippen LogP contribution in [-0.2, 0) is 9.59 Å². The van der Waals surface area contributed by atoms with Crippen molar-refractivity contribution in [3.63, 3.8) is 0 Å². The van der Waals surface area contributed by atoms with E-state index in [-0.39, 0.29) is 24.4 Å². The third-order valence-electron chi connectivity index (χ3n) is 4.14. The molecular weight excluding hydrogens is 268 g/mol. The van der Waals surface area contributed by atoms with Crippen molar-refractivity contribution in [3.05, 3.63) is 0 Å². The summed E-state index contributed by atoms with van der Waals surface area (Å²) >= 11 is 0. The summed E-state index contributed by atoms with van der Waals surface area (Å²) in [6.07, 6.45) is 2.88. The van der Waals surface area contributed by atoms with Crippen molar-refractivity contribution in [1.29, 1.82) is 0 Å². The Bertz CT molecular complexity index is 349. The molecule has 0 aromatic rings. The molecule has 1 aliphatic heterocycles. The number of rotatable bonds is 7. The Kier molecular flexibility index (Phi) is 7.67. The van der Waals surface area contributed by atoms with Crippen LogP contribution >= 0.6 is 0 Å². The van der Waals surface area contributed by atoms with Gasteiger partial charge in [0, 0.05) is 32.7 Å². The van der Waals surface area contributed by atoms with Crippen LogP contribution in [-0.4, -0.2) is 67.4 Å². The molecule has 2 atom stereocenters. The maximum Gasteiger partial charge on any atom is 0.239 e. The molecule has 3 N–H and O–H groups in total. The van der Waals surface area contributed by atoms with E-state index in [2.05, 4.69) is 17.1 Å². The van der Waals surface area contributed by atoms with E-state index >= 15 is 0 Å². The molecule has 0 aromatic heterocycles. The maximum absolute atomic E-state index is 12.2. The van der Waals surface area contributed by atoms with Gasteiger partial charge in [0.05, 0.1) is 13.1 Å². The second-order valence-electron chi connectivity index (χ2n) is 5.96. The minimum atomic E-state index is -0.0974. The second-order valence-corrected chi connectivity index (χ2v) is 5.96. The highest BCUT2D eigenvalue weighted by Crippen LogP contribution is 2.18. The fourth-order valence-corrected chi connectivity index (χ4v) is 2.64. The fourth-order valence-electron chi connectivity index (χ4n) is 2.64. The van der Waals surface area contributed by atoms with Crippen LogP contribution in [0.25, 0.3) is 0 Å². The SMILES string of the molecule is CCCNC(=O)CN(C)C(=O)CN1CCC(N)C(CC)C1. The summed E-state index contributed by atoms with van der Waals surface area (Å²) in [7, 11) is 1.68. The van der Waals surface area contributed by atoms with Gasteiger partial charge in [0.25, 0.3) is 0 Å². The maximum atomic E-state index is 12.2. The van der Waals surface area contributed by atoms with Crippen LogP contribution in [0.1, 0.15) is 33.1 Å². The molecule has 6 nitrogen and oxygen atoms in total. The topological polar surface area (TPSA) is 78.7 Å².